The monoisotopic (exact) mass is 528 g/mol. The molecule has 2 N–H and O–H groups in total. The minimum Gasteiger partial charge on any atom is -0.497 e. The van der Waals surface area contributed by atoms with E-state index in [0.29, 0.717) is 19.1 Å². The Morgan fingerprint density at radius 1 is 1.27 bits per heavy atom. The van der Waals surface area contributed by atoms with E-state index in [4.69, 9.17) is 14.5 Å². The van der Waals surface area contributed by atoms with Gasteiger partial charge in [-0.1, -0.05) is 18.9 Å². The van der Waals surface area contributed by atoms with E-state index >= 15 is 0 Å². The molecule has 2 aromatic rings. The number of aryl methyl sites for hydroxylation is 1. The molecule has 30 heavy (non-hydrogen) atoms. The summed E-state index contributed by atoms with van der Waals surface area (Å²) in [6, 6.07) is 8.11. The fourth-order valence-corrected chi connectivity index (χ4v) is 3.34. The molecule has 1 atom stereocenters. The maximum absolute atomic E-state index is 6.01. The van der Waals surface area contributed by atoms with Crippen LogP contribution < -0.4 is 20.1 Å². The Balaban J connectivity index is 0.00000320. The maximum Gasteiger partial charge on any atom is 0.192 e. The molecule has 1 fully saturated rings. The van der Waals surface area contributed by atoms with Crippen molar-refractivity contribution < 1.29 is 9.47 Å². The summed E-state index contributed by atoms with van der Waals surface area (Å²) < 4.78 is 13.2. The number of benzene rings is 1. The van der Waals surface area contributed by atoms with E-state index in [1.165, 1.54) is 25.7 Å². The standard InChI is InChI=1S/C21H32N6O2.HI/c1-15(29-19-11-7-10-18(12-19)28-4)13-22-21(24-17-8-5-6-9-17)23-14-20-26-25-16(2)27(20)3;/h7,10-12,15,17H,5-6,8-9,13-14H2,1-4H3,(H2,22,23,24);1H. The number of ether oxygens (including phenoxy) is 2. The summed E-state index contributed by atoms with van der Waals surface area (Å²) in [4.78, 5) is 4.73. The molecule has 1 aromatic carbocycles. The Labute approximate surface area is 195 Å². The summed E-state index contributed by atoms with van der Waals surface area (Å²) in [6.45, 7) is 5.08. The molecule has 0 saturated heterocycles. The Bertz CT molecular complexity index is 820. The second kappa shape index (κ2) is 12.0. The molecule has 1 unspecified atom stereocenters. The third-order valence-electron chi connectivity index (χ3n) is 5.19. The van der Waals surface area contributed by atoms with E-state index in [0.717, 1.165) is 29.1 Å². The molecule has 3 rings (SSSR count). The van der Waals surface area contributed by atoms with Gasteiger partial charge in [0.25, 0.3) is 0 Å². The fourth-order valence-electron chi connectivity index (χ4n) is 3.34. The van der Waals surface area contributed by atoms with Crippen LogP contribution in [0.4, 0.5) is 0 Å². The Morgan fingerprint density at radius 3 is 2.67 bits per heavy atom. The highest BCUT2D eigenvalue weighted by Crippen LogP contribution is 2.20. The lowest BCUT2D eigenvalue weighted by atomic mass is 10.2. The van der Waals surface area contributed by atoms with Crippen LogP contribution in [-0.2, 0) is 13.6 Å². The van der Waals surface area contributed by atoms with Crippen molar-refractivity contribution in [2.24, 2.45) is 12.0 Å². The van der Waals surface area contributed by atoms with Gasteiger partial charge in [0, 0.05) is 19.2 Å². The Kier molecular flexibility index (Phi) is 9.67. The molecule has 1 saturated carbocycles. The zero-order chi connectivity index (χ0) is 20.6. The molecule has 0 spiro atoms. The smallest absolute Gasteiger partial charge is 0.192 e. The summed E-state index contributed by atoms with van der Waals surface area (Å²) in [7, 11) is 3.61. The maximum atomic E-state index is 6.01. The van der Waals surface area contributed by atoms with Gasteiger partial charge in [-0.3, -0.25) is 0 Å². The van der Waals surface area contributed by atoms with Gasteiger partial charge in [0.15, 0.2) is 11.8 Å². The fraction of sp³-hybridized carbons (Fsp3) is 0.571. The highest BCUT2D eigenvalue weighted by Gasteiger charge is 2.17. The first-order chi connectivity index (χ1) is 14.0. The third-order valence-corrected chi connectivity index (χ3v) is 5.19. The molecule has 0 amide bonds. The van der Waals surface area contributed by atoms with Crippen LogP contribution in [0, 0.1) is 6.92 Å². The van der Waals surface area contributed by atoms with Gasteiger partial charge in [0.1, 0.15) is 30.0 Å². The second-order valence-electron chi connectivity index (χ2n) is 7.50. The predicted octanol–water partition coefficient (Wildman–Crippen LogP) is 3.20. The average Bonchev–Trinajstić information content (AvgIpc) is 3.35. The number of hydrogen-bond acceptors (Lipinski definition) is 5. The van der Waals surface area contributed by atoms with Crippen molar-refractivity contribution in [3.63, 3.8) is 0 Å². The van der Waals surface area contributed by atoms with Gasteiger partial charge in [0.05, 0.1) is 13.7 Å². The largest absolute Gasteiger partial charge is 0.497 e. The average molecular weight is 528 g/mol. The zero-order valence-corrected chi connectivity index (χ0v) is 20.6. The summed E-state index contributed by atoms with van der Waals surface area (Å²) in [5.74, 6) is 4.09. The highest BCUT2D eigenvalue weighted by molar-refractivity contribution is 14.0. The number of rotatable bonds is 8. The van der Waals surface area contributed by atoms with Gasteiger partial charge < -0.3 is 24.7 Å². The SMILES string of the molecule is COc1cccc(OC(C)CNC(=NCc2nnc(C)n2C)NC2CCCC2)c1.I. The van der Waals surface area contributed by atoms with E-state index in [9.17, 15) is 0 Å². The number of guanidine groups is 1. The molecule has 166 valence electrons. The number of halogens is 1. The lowest BCUT2D eigenvalue weighted by Gasteiger charge is -2.20. The number of aliphatic imine (C=N–C) groups is 1. The molecule has 1 aromatic heterocycles. The quantitative estimate of drug-likeness (QED) is 0.311. The molecular weight excluding hydrogens is 495 g/mol. The summed E-state index contributed by atoms with van der Waals surface area (Å²) >= 11 is 0. The lowest BCUT2D eigenvalue weighted by Crippen LogP contribution is -2.45. The normalized spacial score (nSPS) is 15.4. The summed E-state index contributed by atoms with van der Waals surface area (Å²) in [6.07, 6.45) is 4.86. The number of aromatic nitrogens is 3. The van der Waals surface area contributed by atoms with Crippen LogP contribution >= 0.6 is 24.0 Å². The van der Waals surface area contributed by atoms with Gasteiger partial charge in [-0.05, 0) is 38.8 Å². The van der Waals surface area contributed by atoms with Gasteiger partial charge in [-0.25, -0.2) is 4.99 Å². The molecule has 1 aliphatic carbocycles. The molecule has 0 radical (unpaired) electrons. The van der Waals surface area contributed by atoms with Crippen LogP contribution in [0.15, 0.2) is 29.3 Å². The van der Waals surface area contributed by atoms with E-state index < -0.39 is 0 Å². The number of methoxy groups -OCH3 is 1. The van der Waals surface area contributed by atoms with Crippen molar-refractivity contribution in [2.75, 3.05) is 13.7 Å². The van der Waals surface area contributed by atoms with Crippen molar-refractivity contribution in [3.8, 4) is 11.5 Å². The van der Waals surface area contributed by atoms with E-state index in [2.05, 4.69) is 20.8 Å². The zero-order valence-electron chi connectivity index (χ0n) is 18.2. The van der Waals surface area contributed by atoms with Crippen molar-refractivity contribution in [1.29, 1.82) is 0 Å². The Morgan fingerprint density at radius 2 is 2.00 bits per heavy atom. The van der Waals surface area contributed by atoms with Crippen LogP contribution in [0.25, 0.3) is 0 Å². The first kappa shape index (κ1) is 24.2. The molecule has 8 nitrogen and oxygen atoms in total. The minimum atomic E-state index is -0.0326. The molecule has 0 aliphatic heterocycles. The predicted molar refractivity (Wildman–Crippen MR) is 129 cm³/mol. The van der Waals surface area contributed by atoms with Crippen LogP contribution in [-0.4, -0.2) is 46.5 Å². The number of nitrogens with one attached hydrogen (secondary N) is 2. The highest BCUT2D eigenvalue weighted by atomic mass is 127. The molecular formula is C21H33IN6O2. The van der Waals surface area contributed by atoms with Gasteiger partial charge >= 0.3 is 0 Å². The van der Waals surface area contributed by atoms with Crippen molar-refractivity contribution in [2.45, 2.75) is 58.2 Å². The van der Waals surface area contributed by atoms with Gasteiger partial charge in [-0.2, -0.15) is 0 Å². The Hall–Kier alpha value is -2.04. The number of nitrogens with zero attached hydrogens (tertiary/aromatic N) is 4. The first-order valence-electron chi connectivity index (χ1n) is 10.3. The van der Waals surface area contributed by atoms with Gasteiger partial charge in [-0.15, -0.1) is 34.2 Å². The second-order valence-corrected chi connectivity index (χ2v) is 7.50. The lowest BCUT2D eigenvalue weighted by molar-refractivity contribution is 0.222. The van der Waals surface area contributed by atoms with Crippen molar-refractivity contribution in [1.82, 2.24) is 25.4 Å². The van der Waals surface area contributed by atoms with Crippen LogP contribution in [0.2, 0.25) is 0 Å². The van der Waals surface area contributed by atoms with Crippen LogP contribution in [0.3, 0.4) is 0 Å². The van der Waals surface area contributed by atoms with E-state index in [-0.39, 0.29) is 30.1 Å². The summed E-state index contributed by atoms with van der Waals surface area (Å²) in [5.41, 5.74) is 0. The summed E-state index contributed by atoms with van der Waals surface area (Å²) in [5, 5.41) is 15.3. The van der Waals surface area contributed by atoms with Crippen molar-refractivity contribution in [3.05, 3.63) is 35.9 Å². The van der Waals surface area contributed by atoms with Crippen LogP contribution in [0.1, 0.15) is 44.3 Å². The first-order valence-corrected chi connectivity index (χ1v) is 10.3. The van der Waals surface area contributed by atoms with Gasteiger partial charge in [0.2, 0.25) is 0 Å². The molecule has 1 aliphatic rings. The number of hydrogen-bond donors (Lipinski definition) is 2. The topological polar surface area (TPSA) is 85.6 Å². The van der Waals surface area contributed by atoms with E-state index in [1.807, 2.05) is 49.7 Å². The third kappa shape index (κ3) is 7.03. The minimum absolute atomic E-state index is 0. The molecule has 9 heteroatoms. The van der Waals surface area contributed by atoms with Crippen LogP contribution in [0.5, 0.6) is 11.5 Å². The molecule has 0 bridgehead atoms. The van der Waals surface area contributed by atoms with Crippen molar-refractivity contribution >= 4 is 29.9 Å². The molecule has 1 heterocycles. The van der Waals surface area contributed by atoms with E-state index in [1.54, 1.807) is 7.11 Å².